The Labute approximate surface area is 130 Å². The first-order chi connectivity index (χ1) is 10.1. The van der Waals surface area contributed by atoms with E-state index >= 15 is 0 Å². The second-order valence-corrected chi connectivity index (χ2v) is 5.58. The number of anilines is 1. The molecule has 0 aromatic carbocycles. The third kappa shape index (κ3) is 3.74. The second kappa shape index (κ2) is 8.35. The van der Waals surface area contributed by atoms with Gasteiger partial charge < -0.3 is 11.1 Å². The molecule has 0 aliphatic carbocycles. The Morgan fingerprint density at radius 3 is 2.29 bits per heavy atom. The van der Waals surface area contributed by atoms with Gasteiger partial charge in [-0.1, -0.05) is 33.8 Å². The van der Waals surface area contributed by atoms with E-state index in [-0.39, 0.29) is 5.54 Å². The minimum atomic E-state index is 0.153. The summed E-state index contributed by atoms with van der Waals surface area (Å²) in [7, 11) is 2.06. The summed E-state index contributed by atoms with van der Waals surface area (Å²) >= 11 is 0. The number of nitrogens with zero attached hydrogens (tertiary/aromatic N) is 2. The maximum atomic E-state index is 6.04. The van der Waals surface area contributed by atoms with Gasteiger partial charge in [-0.25, -0.2) is 4.98 Å². The Hall–Kier alpha value is -1.13. The van der Waals surface area contributed by atoms with Crippen LogP contribution < -0.4 is 11.1 Å². The summed E-state index contributed by atoms with van der Waals surface area (Å²) in [4.78, 5) is 6.81. The van der Waals surface area contributed by atoms with E-state index in [9.17, 15) is 0 Å². The van der Waals surface area contributed by atoms with Crippen LogP contribution in [0.15, 0.2) is 18.3 Å². The molecule has 1 heterocycles. The fraction of sp³-hybridized carbons (Fsp3) is 0.706. The summed E-state index contributed by atoms with van der Waals surface area (Å²) in [5.41, 5.74) is 7.33. The zero-order valence-corrected chi connectivity index (χ0v) is 14.3. The Kier molecular flexibility index (Phi) is 7.12. The van der Waals surface area contributed by atoms with Crippen LogP contribution in [0.3, 0.4) is 0 Å². The van der Waals surface area contributed by atoms with Crippen LogP contribution in [0.5, 0.6) is 0 Å². The molecule has 0 saturated heterocycles. The number of aromatic nitrogens is 1. The summed E-state index contributed by atoms with van der Waals surface area (Å²) < 4.78 is 0. The van der Waals surface area contributed by atoms with Crippen molar-refractivity contribution < 1.29 is 0 Å². The van der Waals surface area contributed by atoms with Gasteiger partial charge in [0.15, 0.2) is 0 Å². The summed E-state index contributed by atoms with van der Waals surface area (Å²) in [6.07, 6.45) is 4.91. The third-order valence-corrected chi connectivity index (χ3v) is 4.96. The van der Waals surface area contributed by atoms with Crippen molar-refractivity contribution in [1.29, 1.82) is 0 Å². The van der Waals surface area contributed by atoms with Gasteiger partial charge in [0.05, 0.1) is 0 Å². The van der Waals surface area contributed by atoms with E-state index in [2.05, 4.69) is 56.0 Å². The van der Waals surface area contributed by atoms with Gasteiger partial charge in [-0.05, 0) is 51.0 Å². The summed E-state index contributed by atoms with van der Waals surface area (Å²) in [5, 5.41) is 3.54. The number of nitrogens with two attached hydrogens (primary N) is 1. The topological polar surface area (TPSA) is 54.2 Å². The molecular formula is C17H32N4. The molecule has 0 radical (unpaired) electrons. The number of likely N-dealkylation sites (N-methyl/N-ethyl adjacent to an activating group) is 2. The molecular weight excluding hydrogens is 260 g/mol. The Morgan fingerprint density at radius 1 is 1.24 bits per heavy atom. The molecule has 0 bridgehead atoms. The lowest BCUT2D eigenvalue weighted by molar-refractivity contribution is 0.0520. The van der Waals surface area contributed by atoms with Crippen molar-refractivity contribution in [2.45, 2.75) is 58.5 Å². The number of nitrogen functional groups attached to an aromatic ring is 1. The first-order valence-electron chi connectivity index (χ1n) is 8.21. The van der Waals surface area contributed by atoms with Crippen molar-refractivity contribution in [3.05, 3.63) is 23.9 Å². The molecule has 1 aromatic heterocycles. The van der Waals surface area contributed by atoms with Crippen molar-refractivity contribution in [1.82, 2.24) is 15.2 Å². The van der Waals surface area contributed by atoms with Crippen LogP contribution in [0.4, 0.5) is 5.82 Å². The molecule has 0 spiro atoms. The minimum absolute atomic E-state index is 0.153. The molecule has 0 saturated carbocycles. The molecule has 1 rings (SSSR count). The van der Waals surface area contributed by atoms with Crippen LogP contribution >= 0.6 is 0 Å². The molecule has 1 unspecified atom stereocenters. The lowest BCUT2D eigenvalue weighted by Crippen LogP contribution is -2.61. The fourth-order valence-corrected chi connectivity index (χ4v) is 3.67. The second-order valence-electron chi connectivity index (χ2n) is 5.58. The molecule has 1 atom stereocenters. The molecule has 0 amide bonds. The van der Waals surface area contributed by atoms with Crippen LogP contribution in [0.25, 0.3) is 0 Å². The summed E-state index contributed by atoms with van der Waals surface area (Å²) in [5.74, 6) is 0.651. The van der Waals surface area contributed by atoms with E-state index in [1.807, 2.05) is 6.07 Å². The molecule has 0 aliphatic heterocycles. The molecule has 0 fully saturated rings. The number of pyridine rings is 1. The smallest absolute Gasteiger partial charge is 0.126 e. The Balaban J connectivity index is 3.11. The molecule has 120 valence electrons. The highest BCUT2D eigenvalue weighted by Crippen LogP contribution is 2.30. The predicted molar refractivity (Wildman–Crippen MR) is 91.4 cm³/mol. The number of hydrogen-bond acceptors (Lipinski definition) is 4. The lowest BCUT2D eigenvalue weighted by atomic mass is 9.79. The van der Waals surface area contributed by atoms with E-state index < -0.39 is 0 Å². The van der Waals surface area contributed by atoms with Crippen LogP contribution in [0.1, 0.15) is 46.1 Å². The fourth-order valence-electron chi connectivity index (χ4n) is 3.67. The van der Waals surface area contributed by atoms with Gasteiger partial charge in [0.2, 0.25) is 0 Å². The van der Waals surface area contributed by atoms with E-state index in [4.69, 9.17) is 5.73 Å². The van der Waals surface area contributed by atoms with Crippen molar-refractivity contribution in [3.8, 4) is 0 Å². The quantitative estimate of drug-likeness (QED) is 0.735. The molecule has 3 N–H and O–H groups in total. The largest absolute Gasteiger partial charge is 0.383 e. The lowest BCUT2D eigenvalue weighted by Gasteiger charge is -2.48. The highest BCUT2D eigenvalue weighted by Gasteiger charge is 2.39. The average molecular weight is 292 g/mol. The van der Waals surface area contributed by atoms with Crippen molar-refractivity contribution in [2.24, 2.45) is 0 Å². The number of hydrogen-bond donors (Lipinski definition) is 2. The standard InChI is InChI=1S/C17H32N4/c1-6-17(7-2,21(8-3)9-4)15(19-5)13-14-11-10-12-20-16(14)18/h10-12,15,19H,6-9,13H2,1-5H3,(H2,18,20). The van der Waals surface area contributed by atoms with Crippen LogP contribution in [0, 0.1) is 0 Å². The van der Waals surface area contributed by atoms with Gasteiger partial charge in [0.1, 0.15) is 5.82 Å². The summed E-state index contributed by atoms with van der Waals surface area (Å²) in [6, 6.07) is 4.42. The van der Waals surface area contributed by atoms with Gasteiger partial charge in [-0.15, -0.1) is 0 Å². The van der Waals surface area contributed by atoms with Crippen molar-refractivity contribution >= 4 is 5.82 Å². The maximum absolute atomic E-state index is 6.04. The van der Waals surface area contributed by atoms with Crippen molar-refractivity contribution in [2.75, 3.05) is 25.9 Å². The summed E-state index contributed by atoms with van der Waals surface area (Å²) in [6.45, 7) is 11.2. The molecule has 21 heavy (non-hydrogen) atoms. The maximum Gasteiger partial charge on any atom is 0.126 e. The monoisotopic (exact) mass is 292 g/mol. The molecule has 4 nitrogen and oxygen atoms in total. The SMILES string of the molecule is CCN(CC)C(CC)(CC)C(Cc1cccnc1N)NC. The van der Waals surface area contributed by atoms with Crippen LogP contribution in [-0.2, 0) is 6.42 Å². The van der Waals surface area contributed by atoms with E-state index in [0.29, 0.717) is 11.9 Å². The zero-order chi connectivity index (χ0) is 15.9. The van der Waals surface area contributed by atoms with Crippen molar-refractivity contribution in [3.63, 3.8) is 0 Å². The Morgan fingerprint density at radius 2 is 1.86 bits per heavy atom. The highest BCUT2D eigenvalue weighted by molar-refractivity contribution is 5.39. The van der Waals surface area contributed by atoms with Gasteiger partial charge in [-0.3, -0.25) is 4.90 Å². The first-order valence-corrected chi connectivity index (χ1v) is 8.21. The van der Waals surface area contributed by atoms with E-state index in [1.165, 1.54) is 0 Å². The van der Waals surface area contributed by atoms with Gasteiger partial charge >= 0.3 is 0 Å². The number of rotatable bonds is 9. The first kappa shape index (κ1) is 17.9. The van der Waals surface area contributed by atoms with Gasteiger partial charge in [-0.2, -0.15) is 0 Å². The Bertz CT molecular complexity index is 411. The highest BCUT2D eigenvalue weighted by atomic mass is 15.2. The van der Waals surface area contributed by atoms with Crippen LogP contribution in [0.2, 0.25) is 0 Å². The average Bonchev–Trinajstić information content (AvgIpc) is 2.52. The third-order valence-electron chi connectivity index (χ3n) is 4.96. The van der Waals surface area contributed by atoms with Crippen LogP contribution in [-0.4, -0.2) is 41.6 Å². The molecule has 4 heteroatoms. The zero-order valence-electron chi connectivity index (χ0n) is 14.3. The number of nitrogens with one attached hydrogen (secondary N) is 1. The van der Waals surface area contributed by atoms with Gasteiger partial charge in [0, 0.05) is 17.8 Å². The van der Waals surface area contributed by atoms with E-state index in [0.717, 1.165) is 37.9 Å². The van der Waals surface area contributed by atoms with Gasteiger partial charge in [0.25, 0.3) is 0 Å². The predicted octanol–water partition coefficient (Wildman–Crippen LogP) is 2.69. The van der Waals surface area contributed by atoms with E-state index in [1.54, 1.807) is 6.20 Å². The minimum Gasteiger partial charge on any atom is -0.383 e. The normalized spacial score (nSPS) is 13.6. The molecule has 1 aromatic rings. The molecule has 0 aliphatic rings.